The Bertz CT molecular complexity index is 1140. The van der Waals surface area contributed by atoms with Gasteiger partial charge in [0.15, 0.2) is 11.5 Å². The summed E-state index contributed by atoms with van der Waals surface area (Å²) >= 11 is 0. The molecule has 0 radical (unpaired) electrons. The maximum Gasteiger partial charge on any atom is 0.256 e. The van der Waals surface area contributed by atoms with Gasteiger partial charge in [-0.1, -0.05) is 18.2 Å². The standard InChI is InChI=1S/C18H13N3O3/c1-10-19-15-8-11(6-7-16(15)24-10)20-18(23)13-9-17(22)21-14-5-3-2-4-12(13)14/h2-9H,1H3,(H,20,23)(H,21,22). The molecule has 0 fully saturated rings. The van der Waals surface area contributed by atoms with Crippen molar-refractivity contribution in [1.29, 1.82) is 0 Å². The molecule has 0 aliphatic heterocycles. The first kappa shape index (κ1) is 14.2. The molecule has 24 heavy (non-hydrogen) atoms. The van der Waals surface area contributed by atoms with Gasteiger partial charge in [-0.25, -0.2) is 4.98 Å². The van der Waals surface area contributed by atoms with Crippen molar-refractivity contribution >= 4 is 33.6 Å². The second-order valence-corrected chi connectivity index (χ2v) is 5.46. The molecule has 4 aromatic rings. The number of aryl methyl sites for hydroxylation is 1. The zero-order valence-corrected chi connectivity index (χ0v) is 12.8. The quantitative estimate of drug-likeness (QED) is 0.594. The molecule has 2 aromatic carbocycles. The summed E-state index contributed by atoms with van der Waals surface area (Å²) in [5.41, 5.74) is 2.54. The summed E-state index contributed by atoms with van der Waals surface area (Å²) in [5.74, 6) is 0.214. The normalized spacial score (nSPS) is 11.0. The number of fused-ring (bicyclic) bond motifs is 2. The van der Waals surface area contributed by atoms with Crippen molar-refractivity contribution in [3.63, 3.8) is 0 Å². The molecule has 2 N–H and O–H groups in total. The van der Waals surface area contributed by atoms with Crippen molar-refractivity contribution in [2.24, 2.45) is 0 Å². The molecule has 0 saturated carbocycles. The van der Waals surface area contributed by atoms with Crippen LogP contribution in [0.5, 0.6) is 0 Å². The summed E-state index contributed by atoms with van der Waals surface area (Å²) in [5, 5.41) is 3.49. The highest BCUT2D eigenvalue weighted by Gasteiger charge is 2.13. The van der Waals surface area contributed by atoms with Crippen molar-refractivity contribution in [2.75, 3.05) is 5.32 Å². The van der Waals surface area contributed by atoms with E-state index in [1.165, 1.54) is 6.07 Å². The lowest BCUT2D eigenvalue weighted by Gasteiger charge is -2.07. The zero-order chi connectivity index (χ0) is 16.7. The largest absolute Gasteiger partial charge is 0.441 e. The van der Waals surface area contributed by atoms with Crippen LogP contribution in [-0.2, 0) is 0 Å². The number of H-pyrrole nitrogens is 1. The molecule has 6 nitrogen and oxygen atoms in total. The molecule has 6 heteroatoms. The monoisotopic (exact) mass is 319 g/mol. The first-order valence-corrected chi connectivity index (χ1v) is 7.41. The third kappa shape index (κ3) is 2.44. The molecule has 0 unspecified atom stereocenters. The maximum atomic E-state index is 12.6. The van der Waals surface area contributed by atoms with Gasteiger partial charge in [0, 0.05) is 29.6 Å². The van der Waals surface area contributed by atoms with Gasteiger partial charge in [0.25, 0.3) is 5.91 Å². The third-order valence-electron chi connectivity index (χ3n) is 3.75. The second kappa shape index (κ2) is 5.34. The van der Waals surface area contributed by atoms with Crippen LogP contribution < -0.4 is 10.9 Å². The van der Waals surface area contributed by atoms with Crippen LogP contribution in [0, 0.1) is 6.92 Å². The third-order valence-corrected chi connectivity index (χ3v) is 3.75. The molecule has 4 rings (SSSR count). The number of para-hydroxylation sites is 1. The number of anilines is 1. The van der Waals surface area contributed by atoms with Crippen LogP contribution in [0.3, 0.4) is 0 Å². The number of rotatable bonds is 2. The van der Waals surface area contributed by atoms with E-state index in [-0.39, 0.29) is 11.5 Å². The smallest absolute Gasteiger partial charge is 0.256 e. The Labute approximate surface area is 136 Å². The van der Waals surface area contributed by atoms with E-state index in [2.05, 4.69) is 15.3 Å². The van der Waals surface area contributed by atoms with E-state index < -0.39 is 0 Å². The van der Waals surface area contributed by atoms with Gasteiger partial charge in [-0.15, -0.1) is 0 Å². The van der Waals surface area contributed by atoms with E-state index in [0.29, 0.717) is 39.1 Å². The molecule has 0 atom stereocenters. The van der Waals surface area contributed by atoms with E-state index in [9.17, 15) is 9.59 Å². The van der Waals surface area contributed by atoms with Gasteiger partial charge < -0.3 is 14.7 Å². The number of benzene rings is 2. The molecule has 0 saturated heterocycles. The van der Waals surface area contributed by atoms with E-state index in [1.807, 2.05) is 6.07 Å². The number of amides is 1. The lowest BCUT2D eigenvalue weighted by molar-refractivity contribution is 0.102. The highest BCUT2D eigenvalue weighted by atomic mass is 16.3. The number of carbonyl (C=O) groups is 1. The topological polar surface area (TPSA) is 88.0 Å². The number of hydrogen-bond donors (Lipinski definition) is 2. The van der Waals surface area contributed by atoms with Gasteiger partial charge in [0.05, 0.1) is 5.56 Å². The van der Waals surface area contributed by atoms with E-state index in [1.54, 1.807) is 43.3 Å². The molecule has 0 spiro atoms. The molecule has 118 valence electrons. The van der Waals surface area contributed by atoms with Gasteiger partial charge in [0.2, 0.25) is 5.56 Å². The minimum Gasteiger partial charge on any atom is -0.441 e. The van der Waals surface area contributed by atoms with Crippen LogP contribution in [0.1, 0.15) is 16.2 Å². The number of aromatic amines is 1. The summed E-state index contributed by atoms with van der Waals surface area (Å²) < 4.78 is 5.42. The molecule has 2 heterocycles. The predicted octanol–water partition coefficient (Wildman–Crippen LogP) is 3.23. The fourth-order valence-corrected chi connectivity index (χ4v) is 2.71. The summed E-state index contributed by atoms with van der Waals surface area (Å²) in [6.07, 6.45) is 0. The van der Waals surface area contributed by atoms with Crippen molar-refractivity contribution in [1.82, 2.24) is 9.97 Å². The maximum absolute atomic E-state index is 12.6. The second-order valence-electron chi connectivity index (χ2n) is 5.46. The average molecular weight is 319 g/mol. The minimum atomic E-state index is -0.350. The van der Waals surface area contributed by atoms with Crippen molar-refractivity contribution in [3.8, 4) is 0 Å². The molecule has 0 aliphatic rings. The number of nitrogens with zero attached hydrogens (tertiary/aromatic N) is 1. The first-order chi connectivity index (χ1) is 11.6. The van der Waals surface area contributed by atoms with Gasteiger partial charge in [-0.3, -0.25) is 9.59 Å². The number of carbonyl (C=O) groups excluding carboxylic acids is 1. The van der Waals surface area contributed by atoms with Crippen LogP contribution >= 0.6 is 0 Å². The van der Waals surface area contributed by atoms with E-state index in [4.69, 9.17) is 4.42 Å². The van der Waals surface area contributed by atoms with E-state index >= 15 is 0 Å². The van der Waals surface area contributed by atoms with Crippen LogP contribution in [0.25, 0.3) is 22.0 Å². The van der Waals surface area contributed by atoms with Crippen LogP contribution in [0.2, 0.25) is 0 Å². The van der Waals surface area contributed by atoms with Gasteiger partial charge in [0.1, 0.15) is 5.52 Å². The fourth-order valence-electron chi connectivity index (χ4n) is 2.71. The summed E-state index contributed by atoms with van der Waals surface area (Å²) in [6, 6.07) is 13.7. The lowest BCUT2D eigenvalue weighted by Crippen LogP contribution is -2.16. The predicted molar refractivity (Wildman–Crippen MR) is 91.3 cm³/mol. The Kier molecular flexibility index (Phi) is 3.16. The summed E-state index contributed by atoms with van der Waals surface area (Å²) in [7, 11) is 0. The Morgan fingerprint density at radius 1 is 1.17 bits per heavy atom. The van der Waals surface area contributed by atoms with Crippen LogP contribution in [-0.4, -0.2) is 15.9 Å². The molecule has 0 aliphatic carbocycles. The van der Waals surface area contributed by atoms with Crippen LogP contribution in [0.15, 0.2) is 57.7 Å². The number of oxazole rings is 1. The number of nitrogens with one attached hydrogen (secondary N) is 2. The minimum absolute atomic E-state index is 0.318. The molecule has 2 aromatic heterocycles. The molecular weight excluding hydrogens is 306 g/mol. The lowest BCUT2D eigenvalue weighted by atomic mass is 10.1. The highest BCUT2D eigenvalue weighted by molar-refractivity contribution is 6.12. The highest BCUT2D eigenvalue weighted by Crippen LogP contribution is 2.21. The Hall–Kier alpha value is -3.41. The number of pyridine rings is 1. The average Bonchev–Trinajstić information content (AvgIpc) is 2.93. The molecule has 0 bridgehead atoms. The SMILES string of the molecule is Cc1nc2cc(NC(=O)c3cc(=O)[nH]c4ccccc34)ccc2o1. The van der Waals surface area contributed by atoms with Gasteiger partial charge in [-0.05, 0) is 24.3 Å². The molecular formula is C18H13N3O3. The van der Waals surface area contributed by atoms with Crippen molar-refractivity contribution < 1.29 is 9.21 Å². The zero-order valence-electron chi connectivity index (χ0n) is 12.8. The Balaban J connectivity index is 1.74. The van der Waals surface area contributed by atoms with Crippen LogP contribution in [0.4, 0.5) is 5.69 Å². The van der Waals surface area contributed by atoms with E-state index in [0.717, 1.165) is 0 Å². The first-order valence-electron chi connectivity index (χ1n) is 7.41. The van der Waals surface area contributed by atoms with Gasteiger partial charge >= 0.3 is 0 Å². The Morgan fingerprint density at radius 3 is 2.88 bits per heavy atom. The molecule has 1 amide bonds. The summed E-state index contributed by atoms with van der Waals surface area (Å²) in [6.45, 7) is 1.76. The fraction of sp³-hybridized carbons (Fsp3) is 0.0556. The Morgan fingerprint density at radius 2 is 2.00 bits per heavy atom. The number of hydrogen-bond acceptors (Lipinski definition) is 4. The van der Waals surface area contributed by atoms with Crippen molar-refractivity contribution in [2.45, 2.75) is 6.92 Å². The number of aromatic nitrogens is 2. The van der Waals surface area contributed by atoms with Crippen molar-refractivity contribution in [3.05, 3.63) is 70.3 Å². The summed E-state index contributed by atoms with van der Waals surface area (Å²) in [4.78, 5) is 31.4. The van der Waals surface area contributed by atoms with Gasteiger partial charge in [-0.2, -0.15) is 0 Å².